The molecule has 4 rings (SSSR count). The van der Waals surface area contributed by atoms with E-state index in [0.717, 1.165) is 48.9 Å². The van der Waals surface area contributed by atoms with Crippen LogP contribution in [0, 0.1) is 0 Å². The number of amides is 1. The first-order valence-electron chi connectivity index (χ1n) is 8.55. The Morgan fingerprint density at radius 2 is 1.96 bits per heavy atom. The van der Waals surface area contributed by atoms with Crippen LogP contribution < -0.4 is 15.0 Å². The Hall–Kier alpha value is -3.09. The molecule has 0 unspecified atom stereocenters. The second kappa shape index (κ2) is 8.33. The first-order chi connectivity index (χ1) is 12.7. The Morgan fingerprint density at radius 3 is 2.65 bits per heavy atom. The van der Waals surface area contributed by atoms with Crippen molar-refractivity contribution < 1.29 is 19.4 Å². The monoisotopic (exact) mass is 355 g/mol. The number of carboxylic acid groups (broad SMARTS) is 1. The van der Waals surface area contributed by atoms with E-state index in [2.05, 4.69) is 16.4 Å². The fourth-order valence-electron chi connectivity index (χ4n) is 3.08. The van der Waals surface area contributed by atoms with Crippen molar-refractivity contribution in [1.29, 1.82) is 0 Å². The van der Waals surface area contributed by atoms with Crippen molar-refractivity contribution in [3.8, 4) is 5.75 Å². The molecule has 1 fully saturated rings. The molecule has 26 heavy (non-hydrogen) atoms. The molecule has 3 heterocycles. The van der Waals surface area contributed by atoms with Crippen LogP contribution in [0.4, 0.5) is 11.5 Å². The minimum atomic E-state index is -0.250. The SMILES string of the molecule is O=C1CCCN1c1ccc(OCc2ccc3c(n2)NCC3)cc1.O=CO. The highest BCUT2D eigenvalue weighted by Gasteiger charge is 2.21. The molecule has 0 atom stereocenters. The molecule has 1 saturated heterocycles. The third-order valence-electron chi connectivity index (χ3n) is 4.33. The largest absolute Gasteiger partial charge is 0.487 e. The number of hydrogen-bond donors (Lipinski definition) is 2. The summed E-state index contributed by atoms with van der Waals surface area (Å²) < 4.78 is 5.80. The predicted octanol–water partition coefficient (Wildman–Crippen LogP) is 2.46. The molecule has 7 heteroatoms. The quantitative estimate of drug-likeness (QED) is 0.819. The van der Waals surface area contributed by atoms with Crippen molar-refractivity contribution in [3.63, 3.8) is 0 Å². The Bertz CT molecular complexity index is 777. The molecule has 2 aliphatic heterocycles. The Morgan fingerprint density at radius 1 is 1.19 bits per heavy atom. The van der Waals surface area contributed by atoms with E-state index in [9.17, 15) is 4.79 Å². The fraction of sp³-hybridized carbons (Fsp3) is 0.316. The average molecular weight is 355 g/mol. The van der Waals surface area contributed by atoms with E-state index in [-0.39, 0.29) is 12.4 Å². The molecule has 0 saturated carbocycles. The summed E-state index contributed by atoms with van der Waals surface area (Å²) in [4.78, 5) is 26.5. The van der Waals surface area contributed by atoms with Crippen molar-refractivity contribution in [3.05, 3.63) is 47.7 Å². The summed E-state index contributed by atoms with van der Waals surface area (Å²) in [7, 11) is 0. The van der Waals surface area contributed by atoms with Gasteiger partial charge in [0.25, 0.3) is 6.47 Å². The molecule has 0 aliphatic carbocycles. The minimum Gasteiger partial charge on any atom is -0.487 e. The fourth-order valence-corrected chi connectivity index (χ4v) is 3.08. The topological polar surface area (TPSA) is 91.8 Å². The number of nitrogens with zero attached hydrogens (tertiary/aromatic N) is 2. The van der Waals surface area contributed by atoms with Crippen molar-refractivity contribution >= 4 is 23.9 Å². The van der Waals surface area contributed by atoms with Crippen LogP contribution in [-0.2, 0) is 22.6 Å². The third-order valence-corrected chi connectivity index (χ3v) is 4.33. The van der Waals surface area contributed by atoms with Crippen molar-refractivity contribution in [2.75, 3.05) is 23.3 Å². The molecule has 2 aromatic rings. The van der Waals surface area contributed by atoms with Gasteiger partial charge in [0.15, 0.2) is 0 Å². The number of carbonyl (C=O) groups is 2. The Kier molecular flexibility index (Phi) is 5.68. The molecule has 2 aliphatic rings. The van der Waals surface area contributed by atoms with Crippen LogP contribution in [0.15, 0.2) is 36.4 Å². The smallest absolute Gasteiger partial charge is 0.290 e. The average Bonchev–Trinajstić information content (AvgIpc) is 3.29. The van der Waals surface area contributed by atoms with Crippen LogP contribution in [-0.4, -0.2) is 35.6 Å². The number of anilines is 2. The summed E-state index contributed by atoms with van der Waals surface area (Å²) in [5.41, 5.74) is 3.13. The van der Waals surface area contributed by atoms with Crippen LogP contribution in [0.3, 0.4) is 0 Å². The van der Waals surface area contributed by atoms with Crippen LogP contribution in [0.1, 0.15) is 24.1 Å². The molecule has 1 amide bonds. The summed E-state index contributed by atoms with van der Waals surface area (Å²) in [6.45, 7) is 1.96. The second-order valence-corrected chi connectivity index (χ2v) is 6.02. The number of pyridine rings is 1. The third kappa shape index (κ3) is 4.11. The molecule has 1 aromatic heterocycles. The first-order valence-corrected chi connectivity index (χ1v) is 8.55. The number of benzene rings is 1. The Balaban J connectivity index is 0.000000613. The molecule has 7 nitrogen and oxygen atoms in total. The van der Waals surface area contributed by atoms with Gasteiger partial charge in [0, 0.05) is 25.2 Å². The zero-order valence-electron chi connectivity index (χ0n) is 14.4. The highest BCUT2D eigenvalue weighted by molar-refractivity contribution is 5.95. The van der Waals surface area contributed by atoms with Gasteiger partial charge in [-0.15, -0.1) is 0 Å². The molecule has 0 spiro atoms. The summed E-state index contributed by atoms with van der Waals surface area (Å²) >= 11 is 0. The Labute approximate surface area is 151 Å². The van der Waals surface area contributed by atoms with E-state index < -0.39 is 0 Å². The van der Waals surface area contributed by atoms with Crippen LogP contribution in [0.5, 0.6) is 5.75 Å². The summed E-state index contributed by atoms with van der Waals surface area (Å²) in [5.74, 6) is 1.97. The summed E-state index contributed by atoms with van der Waals surface area (Å²) in [6.07, 6.45) is 2.63. The molecular weight excluding hydrogens is 334 g/mol. The number of ether oxygens (including phenoxy) is 1. The number of fused-ring (bicyclic) bond motifs is 1. The van der Waals surface area contributed by atoms with Gasteiger partial charge in [0.05, 0.1) is 5.69 Å². The summed E-state index contributed by atoms with van der Waals surface area (Å²) in [6, 6.07) is 11.8. The van der Waals surface area contributed by atoms with Gasteiger partial charge in [0.1, 0.15) is 18.2 Å². The predicted molar refractivity (Wildman–Crippen MR) is 97.5 cm³/mol. The number of hydrogen-bond acceptors (Lipinski definition) is 5. The zero-order valence-corrected chi connectivity index (χ0v) is 14.4. The van der Waals surface area contributed by atoms with E-state index in [1.807, 2.05) is 35.2 Å². The number of nitrogens with one attached hydrogen (secondary N) is 1. The lowest BCUT2D eigenvalue weighted by Crippen LogP contribution is -2.23. The molecule has 136 valence electrons. The summed E-state index contributed by atoms with van der Waals surface area (Å²) in [5, 5.41) is 10.2. The molecule has 0 bridgehead atoms. The van der Waals surface area contributed by atoms with Gasteiger partial charge in [0.2, 0.25) is 5.91 Å². The lowest BCUT2D eigenvalue weighted by Gasteiger charge is -2.16. The van der Waals surface area contributed by atoms with Gasteiger partial charge in [-0.2, -0.15) is 0 Å². The highest BCUT2D eigenvalue weighted by atomic mass is 16.5. The minimum absolute atomic E-state index is 0.202. The van der Waals surface area contributed by atoms with E-state index in [4.69, 9.17) is 14.6 Å². The van der Waals surface area contributed by atoms with Gasteiger partial charge in [-0.25, -0.2) is 4.98 Å². The molecular formula is C19H21N3O4. The van der Waals surface area contributed by atoms with Gasteiger partial charge in [-0.3, -0.25) is 9.59 Å². The molecule has 2 N–H and O–H groups in total. The first kappa shape index (κ1) is 17.7. The number of aromatic nitrogens is 1. The van der Waals surface area contributed by atoms with Gasteiger partial charge in [-0.1, -0.05) is 6.07 Å². The van der Waals surface area contributed by atoms with E-state index in [1.165, 1.54) is 5.56 Å². The van der Waals surface area contributed by atoms with Gasteiger partial charge < -0.3 is 20.1 Å². The molecule has 1 aromatic carbocycles. The van der Waals surface area contributed by atoms with E-state index >= 15 is 0 Å². The normalized spacial score (nSPS) is 14.9. The zero-order chi connectivity index (χ0) is 18.4. The maximum absolute atomic E-state index is 11.7. The number of carbonyl (C=O) groups excluding carboxylic acids is 1. The lowest BCUT2D eigenvalue weighted by atomic mass is 10.2. The lowest BCUT2D eigenvalue weighted by molar-refractivity contribution is -0.123. The van der Waals surface area contributed by atoms with Crippen molar-refractivity contribution in [2.45, 2.75) is 25.9 Å². The van der Waals surface area contributed by atoms with Gasteiger partial charge >= 0.3 is 0 Å². The molecule has 0 radical (unpaired) electrons. The number of rotatable bonds is 4. The standard InChI is InChI=1S/C18H19N3O2.CH2O2/c22-17-2-1-11-21(17)15-5-7-16(8-6-15)23-12-14-4-3-13-9-10-19-18(13)20-14;2-1-3/h3-8H,1-2,9-12H2,(H,19,20);1H,(H,2,3). The van der Waals surface area contributed by atoms with Crippen LogP contribution in [0.2, 0.25) is 0 Å². The van der Waals surface area contributed by atoms with E-state index in [0.29, 0.717) is 13.0 Å². The van der Waals surface area contributed by atoms with Crippen molar-refractivity contribution in [2.24, 2.45) is 0 Å². The van der Waals surface area contributed by atoms with Crippen LogP contribution in [0.25, 0.3) is 0 Å². The second-order valence-electron chi connectivity index (χ2n) is 6.02. The maximum Gasteiger partial charge on any atom is 0.290 e. The van der Waals surface area contributed by atoms with Crippen LogP contribution >= 0.6 is 0 Å². The maximum atomic E-state index is 11.7. The van der Waals surface area contributed by atoms with Gasteiger partial charge in [-0.05, 0) is 48.7 Å². The highest BCUT2D eigenvalue weighted by Crippen LogP contribution is 2.25. The van der Waals surface area contributed by atoms with E-state index in [1.54, 1.807) is 0 Å². The van der Waals surface area contributed by atoms with Crippen molar-refractivity contribution in [1.82, 2.24) is 4.98 Å².